The minimum atomic E-state index is -1.03. The van der Waals surface area contributed by atoms with Crippen molar-refractivity contribution in [1.29, 1.82) is 0 Å². The molecule has 10 nitrogen and oxygen atoms in total. The van der Waals surface area contributed by atoms with Crippen molar-refractivity contribution in [3.05, 3.63) is 29.6 Å². The quantitative estimate of drug-likeness (QED) is 0.491. The Balaban J connectivity index is 1.56. The number of methoxy groups -OCH3 is 1. The van der Waals surface area contributed by atoms with Crippen LogP contribution >= 0.6 is 0 Å². The van der Waals surface area contributed by atoms with Gasteiger partial charge in [-0.05, 0) is 49.7 Å². The van der Waals surface area contributed by atoms with Crippen LogP contribution in [-0.2, 0) is 23.9 Å². The summed E-state index contributed by atoms with van der Waals surface area (Å²) >= 11 is 0. The number of nitrogens with one attached hydrogen (secondary N) is 2. The van der Waals surface area contributed by atoms with E-state index in [1.807, 2.05) is 0 Å². The molecular weight excluding hydrogens is 497 g/mol. The highest BCUT2D eigenvalue weighted by atomic mass is 19.1. The van der Waals surface area contributed by atoms with E-state index >= 15 is 0 Å². The number of carbonyl (C=O) groups is 4. The molecule has 3 fully saturated rings. The minimum Gasteiger partial charge on any atom is -0.494 e. The van der Waals surface area contributed by atoms with Gasteiger partial charge in [-0.1, -0.05) is 26.8 Å². The third-order valence-electron chi connectivity index (χ3n) is 7.55. The van der Waals surface area contributed by atoms with Crippen LogP contribution in [0, 0.1) is 17.2 Å². The van der Waals surface area contributed by atoms with Crippen LogP contribution in [0.15, 0.2) is 18.2 Å². The number of halogens is 1. The first-order valence-electron chi connectivity index (χ1n) is 13.0. The first-order valence-corrected chi connectivity index (χ1v) is 13.0. The van der Waals surface area contributed by atoms with E-state index in [-0.39, 0.29) is 35.6 Å². The maximum Gasteiger partial charge on any atom is 0.310 e. The third kappa shape index (κ3) is 5.34. The number of fused-ring (bicyclic) bond motifs is 2. The summed E-state index contributed by atoms with van der Waals surface area (Å²) in [7, 11) is 1.30. The number of hydrogen-bond donors (Lipinski definition) is 2. The van der Waals surface area contributed by atoms with Crippen molar-refractivity contribution >= 4 is 23.7 Å². The average Bonchev–Trinajstić information content (AvgIpc) is 3.56. The summed E-state index contributed by atoms with van der Waals surface area (Å²) in [6.45, 7) is 7.48. The second-order valence-electron chi connectivity index (χ2n) is 11.1. The van der Waals surface area contributed by atoms with Crippen LogP contribution in [0.4, 0.5) is 4.39 Å². The van der Waals surface area contributed by atoms with E-state index < -0.39 is 53.4 Å². The fraction of sp³-hybridized carbons (Fsp3) is 0.630. The van der Waals surface area contributed by atoms with E-state index in [0.717, 1.165) is 12.8 Å². The molecule has 2 bridgehead atoms. The number of ether oxygens (including phenoxy) is 3. The molecular formula is C27H36FN3O7. The standard InChI is InChI=1S/C27H36FN3O7/c1-6-37-26-17(13-19(32)38-26)29-24(34)21-14-10-11-15(12-14)31(21)25(35)22(27(2,3)4)30-23(33)16-8-7-9-18(36-5)20(16)28/h7-9,14-15,17,21-22,26H,6,10-13H2,1-5H3,(H,29,34)(H,30,33)/t14-,15?,17?,21-,22+,26+/m0/s1. The lowest BCUT2D eigenvalue weighted by Gasteiger charge is -2.40. The molecule has 2 saturated heterocycles. The second kappa shape index (κ2) is 10.9. The van der Waals surface area contributed by atoms with E-state index in [2.05, 4.69) is 10.6 Å². The predicted octanol–water partition coefficient (Wildman–Crippen LogP) is 2.15. The summed E-state index contributed by atoms with van der Waals surface area (Å²) in [5, 5.41) is 5.59. The van der Waals surface area contributed by atoms with Crippen LogP contribution in [0.2, 0.25) is 0 Å². The third-order valence-corrected chi connectivity index (χ3v) is 7.55. The van der Waals surface area contributed by atoms with Gasteiger partial charge in [-0.2, -0.15) is 0 Å². The van der Waals surface area contributed by atoms with Crippen LogP contribution in [0.5, 0.6) is 5.75 Å². The van der Waals surface area contributed by atoms with E-state index in [1.165, 1.54) is 25.3 Å². The van der Waals surface area contributed by atoms with Gasteiger partial charge in [-0.3, -0.25) is 19.2 Å². The van der Waals surface area contributed by atoms with Gasteiger partial charge in [-0.25, -0.2) is 4.39 Å². The van der Waals surface area contributed by atoms with Gasteiger partial charge in [0.05, 0.1) is 19.1 Å². The molecule has 2 N–H and O–H groups in total. The molecule has 6 atom stereocenters. The van der Waals surface area contributed by atoms with Gasteiger partial charge in [0.1, 0.15) is 18.1 Å². The van der Waals surface area contributed by atoms with Gasteiger partial charge in [0, 0.05) is 12.6 Å². The Bertz CT molecular complexity index is 1100. The van der Waals surface area contributed by atoms with Crippen molar-refractivity contribution < 1.29 is 37.8 Å². The van der Waals surface area contributed by atoms with E-state index in [9.17, 15) is 23.6 Å². The van der Waals surface area contributed by atoms with Crippen LogP contribution in [-0.4, -0.2) is 72.8 Å². The van der Waals surface area contributed by atoms with Crippen molar-refractivity contribution in [3.8, 4) is 5.75 Å². The largest absolute Gasteiger partial charge is 0.494 e. The molecule has 4 rings (SSSR count). The van der Waals surface area contributed by atoms with Crippen LogP contribution in [0.25, 0.3) is 0 Å². The summed E-state index contributed by atoms with van der Waals surface area (Å²) in [4.78, 5) is 54.1. The number of likely N-dealkylation sites (tertiary alicyclic amines) is 1. The first-order chi connectivity index (χ1) is 18.0. The number of esters is 1. The number of cyclic esters (lactones) is 1. The Morgan fingerprint density at radius 1 is 1.24 bits per heavy atom. The summed E-state index contributed by atoms with van der Waals surface area (Å²) in [6, 6.07) is 1.64. The maximum absolute atomic E-state index is 14.8. The molecule has 0 aromatic heterocycles. The predicted molar refractivity (Wildman–Crippen MR) is 133 cm³/mol. The molecule has 1 saturated carbocycles. The molecule has 1 aromatic carbocycles. The first kappa shape index (κ1) is 27.8. The Morgan fingerprint density at radius 3 is 2.63 bits per heavy atom. The number of carbonyl (C=O) groups excluding carboxylic acids is 4. The fourth-order valence-electron chi connectivity index (χ4n) is 5.73. The SMILES string of the molecule is CCO[C@@H]1OC(=O)CC1NC(=O)[C@@H]1[C@H]2CCC(C2)N1C(=O)[C@@H](NC(=O)c1cccc(OC)c1F)C(C)(C)C. The number of hydrogen-bond acceptors (Lipinski definition) is 7. The van der Waals surface area contributed by atoms with Gasteiger partial charge in [0.25, 0.3) is 5.91 Å². The van der Waals surface area contributed by atoms with Crippen molar-refractivity contribution in [2.75, 3.05) is 13.7 Å². The monoisotopic (exact) mass is 533 g/mol. The Morgan fingerprint density at radius 2 is 1.97 bits per heavy atom. The lowest BCUT2D eigenvalue weighted by atomic mass is 9.84. The van der Waals surface area contributed by atoms with Gasteiger partial charge in [-0.15, -0.1) is 0 Å². The molecule has 0 spiro atoms. The molecule has 3 aliphatic rings. The molecule has 2 heterocycles. The normalized spacial score (nSPS) is 27.2. The van der Waals surface area contributed by atoms with Gasteiger partial charge in [0.2, 0.25) is 18.1 Å². The summed E-state index contributed by atoms with van der Waals surface area (Å²) in [6.07, 6.45) is 1.33. The number of piperidine rings is 1. The number of benzene rings is 1. The van der Waals surface area contributed by atoms with E-state index in [4.69, 9.17) is 14.2 Å². The highest BCUT2D eigenvalue weighted by Crippen LogP contribution is 2.44. The second-order valence-corrected chi connectivity index (χ2v) is 11.1. The topological polar surface area (TPSA) is 123 Å². The lowest BCUT2D eigenvalue weighted by molar-refractivity contribution is -0.165. The lowest BCUT2D eigenvalue weighted by Crippen LogP contribution is -2.62. The molecule has 2 unspecified atom stereocenters. The zero-order valence-electron chi connectivity index (χ0n) is 22.4. The number of rotatable bonds is 8. The molecule has 11 heteroatoms. The van der Waals surface area contributed by atoms with E-state index in [0.29, 0.717) is 13.0 Å². The van der Waals surface area contributed by atoms with Crippen molar-refractivity contribution in [1.82, 2.24) is 15.5 Å². The van der Waals surface area contributed by atoms with Crippen LogP contribution in [0.1, 0.15) is 63.7 Å². The summed E-state index contributed by atoms with van der Waals surface area (Å²) < 4.78 is 30.4. The smallest absolute Gasteiger partial charge is 0.310 e. The van der Waals surface area contributed by atoms with Gasteiger partial charge in [0.15, 0.2) is 11.6 Å². The minimum absolute atomic E-state index is 0.0159. The molecule has 2 aliphatic heterocycles. The fourth-order valence-corrected chi connectivity index (χ4v) is 5.73. The average molecular weight is 534 g/mol. The van der Waals surface area contributed by atoms with E-state index in [1.54, 1.807) is 32.6 Å². The zero-order valence-corrected chi connectivity index (χ0v) is 22.4. The van der Waals surface area contributed by atoms with Crippen molar-refractivity contribution in [2.24, 2.45) is 11.3 Å². The highest BCUT2D eigenvalue weighted by Gasteiger charge is 2.54. The molecule has 38 heavy (non-hydrogen) atoms. The Kier molecular flexibility index (Phi) is 7.96. The van der Waals surface area contributed by atoms with Gasteiger partial charge >= 0.3 is 5.97 Å². The number of nitrogens with zero attached hydrogens (tertiary/aromatic N) is 1. The number of amides is 3. The molecule has 1 aromatic rings. The Hall–Kier alpha value is -3.21. The van der Waals surface area contributed by atoms with Crippen molar-refractivity contribution in [2.45, 2.75) is 83.8 Å². The van der Waals surface area contributed by atoms with Crippen molar-refractivity contribution in [3.63, 3.8) is 0 Å². The van der Waals surface area contributed by atoms with Crippen LogP contribution < -0.4 is 15.4 Å². The molecule has 3 amide bonds. The zero-order chi connectivity index (χ0) is 27.8. The summed E-state index contributed by atoms with van der Waals surface area (Å²) in [5.41, 5.74) is -0.979. The van der Waals surface area contributed by atoms with Gasteiger partial charge < -0.3 is 29.7 Å². The molecule has 0 radical (unpaired) electrons. The highest BCUT2D eigenvalue weighted by molar-refractivity contribution is 5.99. The molecule has 208 valence electrons. The molecule has 1 aliphatic carbocycles. The summed E-state index contributed by atoms with van der Waals surface area (Å²) in [5.74, 6) is -2.93. The maximum atomic E-state index is 14.8. The Labute approximate surface area is 221 Å². The van der Waals surface area contributed by atoms with Crippen LogP contribution in [0.3, 0.4) is 0 Å².